The molecule has 9 rings (SSSR count). The van der Waals surface area contributed by atoms with Gasteiger partial charge in [0, 0.05) is 47.9 Å². The van der Waals surface area contributed by atoms with Crippen LogP contribution in [0.4, 0.5) is 17.1 Å². The minimum Gasteiger partial charge on any atom is -0.310 e. The lowest BCUT2D eigenvalue weighted by atomic mass is 9.82. The predicted molar refractivity (Wildman–Crippen MR) is 195 cm³/mol. The van der Waals surface area contributed by atoms with Crippen LogP contribution in [0.2, 0.25) is 0 Å². The first kappa shape index (κ1) is 26.2. The number of thiophene rings is 1. The number of hydrogen-bond donors (Lipinski definition) is 0. The van der Waals surface area contributed by atoms with E-state index in [0.29, 0.717) is 0 Å². The van der Waals surface area contributed by atoms with Gasteiger partial charge in [-0.05, 0) is 69.6 Å². The van der Waals surface area contributed by atoms with Gasteiger partial charge >= 0.3 is 0 Å². The summed E-state index contributed by atoms with van der Waals surface area (Å²) in [7, 11) is 0. The fourth-order valence-corrected chi connectivity index (χ4v) is 8.67. The molecule has 7 aromatic carbocycles. The normalized spacial score (nSPS) is 13.3. The van der Waals surface area contributed by atoms with E-state index in [-0.39, 0.29) is 5.41 Å². The third-order valence-corrected chi connectivity index (χ3v) is 10.9. The average Bonchev–Trinajstić information content (AvgIpc) is 3.58. The van der Waals surface area contributed by atoms with Crippen molar-refractivity contribution in [2.75, 3.05) is 4.90 Å². The molecule has 0 radical (unpaired) electrons. The van der Waals surface area contributed by atoms with Gasteiger partial charge in [-0.1, -0.05) is 129 Å². The highest BCUT2D eigenvalue weighted by molar-refractivity contribution is 7.26. The quantitative estimate of drug-likeness (QED) is 0.196. The summed E-state index contributed by atoms with van der Waals surface area (Å²) in [5.41, 5.74) is 11.4. The fraction of sp³-hybridized carbons (Fsp3) is 0.0698. The van der Waals surface area contributed by atoms with Gasteiger partial charge in [0.1, 0.15) is 0 Å². The molecule has 0 N–H and O–H groups in total. The Bertz CT molecular complexity index is 2390. The molecule has 45 heavy (non-hydrogen) atoms. The molecule has 1 aliphatic rings. The van der Waals surface area contributed by atoms with Crippen molar-refractivity contribution in [3.63, 3.8) is 0 Å². The van der Waals surface area contributed by atoms with Crippen LogP contribution in [0.15, 0.2) is 152 Å². The Kier molecular flexibility index (Phi) is 5.78. The molecule has 1 aliphatic carbocycles. The predicted octanol–water partition coefficient (Wildman–Crippen LogP) is 12.7. The van der Waals surface area contributed by atoms with Gasteiger partial charge in [-0.25, -0.2) is 0 Å². The molecule has 1 nitrogen and oxygen atoms in total. The highest BCUT2D eigenvalue weighted by Gasteiger charge is 2.37. The highest BCUT2D eigenvalue weighted by atomic mass is 32.1. The van der Waals surface area contributed by atoms with Gasteiger partial charge in [0.05, 0.1) is 5.69 Å². The summed E-state index contributed by atoms with van der Waals surface area (Å²) in [6, 6.07) is 55.7. The number of rotatable bonds is 4. The first-order valence-corrected chi connectivity index (χ1v) is 16.4. The molecule has 0 aliphatic heterocycles. The lowest BCUT2D eigenvalue weighted by Gasteiger charge is -2.28. The molecule has 0 unspecified atom stereocenters. The lowest BCUT2D eigenvalue weighted by Crippen LogP contribution is -2.15. The SMILES string of the molecule is CC1(C)c2ccc(N(c3ccc(-c4ccccc4)cc3)c3cccc4ccccc34)cc2-c2c1ccc1c2sc2ccccc21. The van der Waals surface area contributed by atoms with E-state index in [0.717, 1.165) is 5.69 Å². The van der Waals surface area contributed by atoms with Crippen LogP contribution in [0.3, 0.4) is 0 Å². The second kappa shape index (κ2) is 9.92. The standard InChI is InChI=1S/C43H31NS/c1-43(2)37-25-23-32(27-36(37)41-38(43)26-24-35-34-16-8-9-18-40(34)45-42(35)41)44(39-17-10-14-30-13-6-7-15-33(30)39)31-21-19-29(20-22-31)28-11-4-3-5-12-28/h3-27H,1-2H3. The molecule has 2 heteroatoms. The largest absolute Gasteiger partial charge is 0.310 e. The summed E-state index contributed by atoms with van der Waals surface area (Å²) in [6.07, 6.45) is 0. The second-order valence-corrected chi connectivity index (χ2v) is 13.6. The molecule has 0 spiro atoms. The molecule has 1 heterocycles. The monoisotopic (exact) mass is 593 g/mol. The van der Waals surface area contributed by atoms with Gasteiger partial charge in [0.25, 0.3) is 0 Å². The molecule has 1 aromatic heterocycles. The number of hydrogen-bond acceptors (Lipinski definition) is 2. The van der Waals surface area contributed by atoms with Crippen LogP contribution in [0.5, 0.6) is 0 Å². The summed E-state index contributed by atoms with van der Waals surface area (Å²) in [5.74, 6) is 0. The zero-order valence-electron chi connectivity index (χ0n) is 25.3. The maximum atomic E-state index is 2.44. The van der Waals surface area contributed by atoms with Crippen molar-refractivity contribution in [1.29, 1.82) is 0 Å². The number of nitrogens with zero attached hydrogens (tertiary/aromatic N) is 1. The van der Waals surface area contributed by atoms with Gasteiger partial charge in [0.2, 0.25) is 0 Å². The van der Waals surface area contributed by atoms with Crippen molar-refractivity contribution in [3.05, 3.63) is 163 Å². The topological polar surface area (TPSA) is 3.24 Å². The molecule has 0 saturated carbocycles. The fourth-order valence-electron chi connectivity index (χ4n) is 7.41. The molecule has 0 bridgehead atoms. The summed E-state index contributed by atoms with van der Waals surface area (Å²) in [6.45, 7) is 4.75. The van der Waals surface area contributed by atoms with Crippen molar-refractivity contribution in [2.24, 2.45) is 0 Å². The second-order valence-electron chi connectivity index (χ2n) is 12.6. The van der Waals surface area contributed by atoms with E-state index < -0.39 is 0 Å². The van der Waals surface area contributed by atoms with E-state index in [1.165, 1.54) is 75.7 Å². The van der Waals surface area contributed by atoms with Gasteiger partial charge < -0.3 is 4.90 Å². The molecule has 0 saturated heterocycles. The Balaban J connectivity index is 1.28. The third kappa shape index (κ3) is 3.99. The number of anilines is 3. The van der Waals surface area contributed by atoms with Crippen LogP contribution in [-0.4, -0.2) is 0 Å². The third-order valence-electron chi connectivity index (χ3n) is 9.66. The number of fused-ring (bicyclic) bond motifs is 8. The maximum Gasteiger partial charge on any atom is 0.0540 e. The van der Waals surface area contributed by atoms with Crippen LogP contribution in [-0.2, 0) is 5.41 Å². The van der Waals surface area contributed by atoms with Crippen molar-refractivity contribution >= 4 is 59.3 Å². The lowest BCUT2D eigenvalue weighted by molar-refractivity contribution is 0.661. The van der Waals surface area contributed by atoms with E-state index >= 15 is 0 Å². The molecule has 214 valence electrons. The molecular weight excluding hydrogens is 563 g/mol. The van der Waals surface area contributed by atoms with E-state index in [1.807, 2.05) is 11.3 Å². The molecule has 0 atom stereocenters. The van der Waals surface area contributed by atoms with Crippen LogP contribution < -0.4 is 4.90 Å². The van der Waals surface area contributed by atoms with Gasteiger partial charge in [-0.2, -0.15) is 0 Å². The first-order chi connectivity index (χ1) is 22.1. The first-order valence-electron chi connectivity index (χ1n) is 15.6. The van der Waals surface area contributed by atoms with Crippen LogP contribution in [0.1, 0.15) is 25.0 Å². The summed E-state index contributed by atoms with van der Waals surface area (Å²) < 4.78 is 2.74. The van der Waals surface area contributed by atoms with Crippen molar-refractivity contribution in [2.45, 2.75) is 19.3 Å². The van der Waals surface area contributed by atoms with Crippen molar-refractivity contribution in [1.82, 2.24) is 0 Å². The molecular formula is C43H31NS. The minimum absolute atomic E-state index is 0.0742. The van der Waals surface area contributed by atoms with E-state index in [2.05, 4.69) is 170 Å². The van der Waals surface area contributed by atoms with Gasteiger partial charge in [-0.3, -0.25) is 0 Å². The Labute approximate surface area is 267 Å². The van der Waals surface area contributed by atoms with Crippen LogP contribution in [0.25, 0.3) is 53.2 Å². The zero-order chi connectivity index (χ0) is 30.1. The molecule has 8 aromatic rings. The Morgan fingerprint density at radius 1 is 0.511 bits per heavy atom. The Morgan fingerprint density at radius 2 is 1.18 bits per heavy atom. The van der Waals surface area contributed by atoms with Crippen LogP contribution >= 0.6 is 11.3 Å². The van der Waals surface area contributed by atoms with E-state index in [1.54, 1.807) is 0 Å². The van der Waals surface area contributed by atoms with Gasteiger partial charge in [0.15, 0.2) is 0 Å². The van der Waals surface area contributed by atoms with E-state index in [4.69, 9.17) is 0 Å². The smallest absolute Gasteiger partial charge is 0.0540 e. The summed E-state index contributed by atoms with van der Waals surface area (Å²) >= 11 is 1.93. The average molecular weight is 594 g/mol. The minimum atomic E-state index is -0.0742. The molecule has 0 amide bonds. The highest BCUT2D eigenvalue weighted by Crippen LogP contribution is 2.55. The maximum absolute atomic E-state index is 2.44. The zero-order valence-corrected chi connectivity index (χ0v) is 26.1. The van der Waals surface area contributed by atoms with Crippen molar-refractivity contribution < 1.29 is 0 Å². The Morgan fingerprint density at radius 3 is 2.02 bits per heavy atom. The van der Waals surface area contributed by atoms with Crippen molar-refractivity contribution in [3.8, 4) is 22.3 Å². The summed E-state index contributed by atoms with van der Waals surface area (Å²) in [4.78, 5) is 2.44. The van der Waals surface area contributed by atoms with Gasteiger partial charge in [-0.15, -0.1) is 11.3 Å². The number of benzene rings is 7. The summed E-state index contributed by atoms with van der Waals surface area (Å²) in [5, 5.41) is 5.17. The Hall–Kier alpha value is -5.18. The van der Waals surface area contributed by atoms with E-state index in [9.17, 15) is 0 Å². The molecule has 0 fully saturated rings. The van der Waals surface area contributed by atoms with Crippen LogP contribution in [0, 0.1) is 0 Å².